The summed E-state index contributed by atoms with van der Waals surface area (Å²) in [7, 11) is 0. The van der Waals surface area contributed by atoms with E-state index in [1.807, 2.05) is 0 Å². The summed E-state index contributed by atoms with van der Waals surface area (Å²) in [4.78, 5) is 2.73. The molecular formula is C12H22N2O. The molecule has 3 aliphatic rings. The SMILES string of the molecule is C1CC(N2CC[C@@H]3COC[C@H]3C2)CCN1. The molecule has 86 valence electrons. The van der Waals surface area contributed by atoms with Crippen LogP contribution in [0.15, 0.2) is 0 Å². The van der Waals surface area contributed by atoms with Crippen LogP contribution in [-0.2, 0) is 4.74 Å². The maximum Gasteiger partial charge on any atom is 0.0510 e. The van der Waals surface area contributed by atoms with Crippen molar-refractivity contribution >= 4 is 0 Å². The monoisotopic (exact) mass is 210 g/mol. The molecule has 0 aromatic carbocycles. The highest BCUT2D eigenvalue weighted by Crippen LogP contribution is 2.31. The Bertz CT molecular complexity index is 216. The van der Waals surface area contributed by atoms with Crippen molar-refractivity contribution in [3.05, 3.63) is 0 Å². The van der Waals surface area contributed by atoms with Gasteiger partial charge in [-0.25, -0.2) is 0 Å². The first-order chi connectivity index (χ1) is 7.43. The van der Waals surface area contributed by atoms with E-state index in [2.05, 4.69) is 10.2 Å². The third-order valence-electron chi connectivity index (χ3n) is 4.41. The molecule has 0 aromatic rings. The van der Waals surface area contributed by atoms with Crippen LogP contribution < -0.4 is 5.32 Å². The number of nitrogens with zero attached hydrogens (tertiary/aromatic N) is 1. The average molecular weight is 210 g/mol. The van der Waals surface area contributed by atoms with E-state index in [0.29, 0.717) is 0 Å². The highest BCUT2D eigenvalue weighted by atomic mass is 16.5. The summed E-state index contributed by atoms with van der Waals surface area (Å²) >= 11 is 0. The van der Waals surface area contributed by atoms with Gasteiger partial charge in [-0.1, -0.05) is 0 Å². The molecule has 3 heterocycles. The second kappa shape index (κ2) is 4.40. The Balaban J connectivity index is 1.58. The van der Waals surface area contributed by atoms with Crippen molar-refractivity contribution in [1.82, 2.24) is 10.2 Å². The molecule has 3 rings (SSSR count). The van der Waals surface area contributed by atoms with E-state index in [1.165, 1.54) is 45.4 Å². The zero-order valence-corrected chi connectivity index (χ0v) is 9.45. The average Bonchev–Trinajstić information content (AvgIpc) is 2.77. The molecule has 3 nitrogen and oxygen atoms in total. The van der Waals surface area contributed by atoms with E-state index in [1.54, 1.807) is 0 Å². The van der Waals surface area contributed by atoms with Gasteiger partial charge in [0.2, 0.25) is 0 Å². The van der Waals surface area contributed by atoms with E-state index in [9.17, 15) is 0 Å². The topological polar surface area (TPSA) is 24.5 Å². The number of likely N-dealkylation sites (tertiary alicyclic amines) is 1. The zero-order valence-electron chi connectivity index (χ0n) is 9.45. The Morgan fingerprint density at radius 3 is 2.67 bits per heavy atom. The van der Waals surface area contributed by atoms with Crippen molar-refractivity contribution in [3.63, 3.8) is 0 Å². The third-order valence-corrected chi connectivity index (χ3v) is 4.41. The molecule has 0 saturated carbocycles. The first kappa shape index (κ1) is 10.1. The zero-order chi connectivity index (χ0) is 10.1. The maximum absolute atomic E-state index is 5.59. The predicted molar refractivity (Wildman–Crippen MR) is 59.9 cm³/mol. The van der Waals surface area contributed by atoms with Crippen LogP contribution in [-0.4, -0.2) is 50.3 Å². The molecule has 1 N–H and O–H groups in total. The van der Waals surface area contributed by atoms with Crippen molar-refractivity contribution in [1.29, 1.82) is 0 Å². The van der Waals surface area contributed by atoms with Crippen LogP contribution in [0.1, 0.15) is 19.3 Å². The lowest BCUT2D eigenvalue weighted by Gasteiger charge is -2.40. The number of piperidine rings is 2. The lowest BCUT2D eigenvalue weighted by molar-refractivity contribution is 0.0858. The van der Waals surface area contributed by atoms with Crippen molar-refractivity contribution in [2.24, 2.45) is 11.8 Å². The minimum atomic E-state index is 0.841. The number of ether oxygens (including phenoxy) is 1. The summed E-state index contributed by atoms with van der Waals surface area (Å²) in [6.45, 7) is 7.10. The van der Waals surface area contributed by atoms with Gasteiger partial charge in [-0.2, -0.15) is 0 Å². The van der Waals surface area contributed by atoms with Gasteiger partial charge < -0.3 is 10.1 Å². The molecule has 0 bridgehead atoms. The summed E-state index contributed by atoms with van der Waals surface area (Å²) in [5, 5.41) is 3.45. The molecule has 2 atom stereocenters. The second-order valence-corrected chi connectivity index (χ2v) is 5.32. The smallest absolute Gasteiger partial charge is 0.0510 e. The molecule has 0 unspecified atom stereocenters. The summed E-state index contributed by atoms with van der Waals surface area (Å²) in [5.74, 6) is 1.72. The molecular weight excluding hydrogens is 188 g/mol. The van der Waals surface area contributed by atoms with Crippen LogP contribution in [0.25, 0.3) is 0 Å². The van der Waals surface area contributed by atoms with Crippen LogP contribution in [0.4, 0.5) is 0 Å². The van der Waals surface area contributed by atoms with Gasteiger partial charge in [0, 0.05) is 25.1 Å². The number of nitrogens with one attached hydrogen (secondary N) is 1. The third kappa shape index (κ3) is 2.05. The molecule has 3 heteroatoms. The van der Waals surface area contributed by atoms with Crippen LogP contribution in [0.2, 0.25) is 0 Å². The quantitative estimate of drug-likeness (QED) is 0.690. The normalized spacial score (nSPS) is 39.2. The Labute approximate surface area is 92.2 Å². The van der Waals surface area contributed by atoms with E-state index < -0.39 is 0 Å². The Kier molecular flexibility index (Phi) is 2.95. The van der Waals surface area contributed by atoms with Crippen molar-refractivity contribution in [2.45, 2.75) is 25.3 Å². The largest absolute Gasteiger partial charge is 0.381 e. The molecule has 0 aromatic heterocycles. The fourth-order valence-corrected chi connectivity index (χ4v) is 3.39. The van der Waals surface area contributed by atoms with Gasteiger partial charge >= 0.3 is 0 Å². The van der Waals surface area contributed by atoms with Crippen LogP contribution >= 0.6 is 0 Å². The summed E-state index contributed by atoms with van der Waals surface area (Å²) in [5.41, 5.74) is 0. The lowest BCUT2D eigenvalue weighted by atomic mass is 9.87. The highest BCUT2D eigenvalue weighted by Gasteiger charge is 2.36. The molecule has 3 saturated heterocycles. The lowest BCUT2D eigenvalue weighted by Crippen LogP contribution is -2.49. The van der Waals surface area contributed by atoms with E-state index in [-0.39, 0.29) is 0 Å². The van der Waals surface area contributed by atoms with Crippen LogP contribution in [0, 0.1) is 11.8 Å². The van der Waals surface area contributed by atoms with E-state index in [4.69, 9.17) is 4.74 Å². The van der Waals surface area contributed by atoms with Gasteiger partial charge in [0.15, 0.2) is 0 Å². The minimum absolute atomic E-state index is 0.841. The molecule has 0 spiro atoms. The predicted octanol–water partition coefficient (Wildman–Crippen LogP) is 0.707. The molecule has 3 fully saturated rings. The first-order valence-corrected chi connectivity index (χ1v) is 6.46. The van der Waals surface area contributed by atoms with Gasteiger partial charge in [-0.05, 0) is 44.8 Å². The molecule has 3 aliphatic heterocycles. The Hall–Kier alpha value is -0.120. The fourth-order valence-electron chi connectivity index (χ4n) is 3.39. The fraction of sp³-hybridized carbons (Fsp3) is 1.00. The molecule has 0 radical (unpaired) electrons. The van der Waals surface area contributed by atoms with Crippen LogP contribution in [0.3, 0.4) is 0 Å². The van der Waals surface area contributed by atoms with Gasteiger partial charge in [0.1, 0.15) is 0 Å². The first-order valence-electron chi connectivity index (χ1n) is 6.46. The van der Waals surface area contributed by atoms with Gasteiger partial charge in [0.25, 0.3) is 0 Å². The summed E-state index contributed by atoms with van der Waals surface area (Å²) in [6.07, 6.45) is 4.06. The molecule has 15 heavy (non-hydrogen) atoms. The minimum Gasteiger partial charge on any atom is -0.381 e. The highest BCUT2D eigenvalue weighted by molar-refractivity contribution is 4.88. The molecule has 0 aliphatic carbocycles. The number of fused-ring (bicyclic) bond motifs is 1. The maximum atomic E-state index is 5.59. The summed E-state index contributed by atoms with van der Waals surface area (Å²) in [6, 6.07) is 0.854. The number of hydrogen-bond donors (Lipinski definition) is 1. The van der Waals surface area contributed by atoms with E-state index in [0.717, 1.165) is 31.1 Å². The number of rotatable bonds is 1. The van der Waals surface area contributed by atoms with Crippen molar-refractivity contribution in [2.75, 3.05) is 39.4 Å². The van der Waals surface area contributed by atoms with Gasteiger partial charge in [-0.15, -0.1) is 0 Å². The van der Waals surface area contributed by atoms with Gasteiger partial charge in [-0.3, -0.25) is 4.90 Å². The Morgan fingerprint density at radius 1 is 1.00 bits per heavy atom. The summed E-state index contributed by atoms with van der Waals surface area (Å²) < 4.78 is 5.59. The van der Waals surface area contributed by atoms with Crippen molar-refractivity contribution < 1.29 is 4.74 Å². The number of hydrogen-bond acceptors (Lipinski definition) is 3. The standard InChI is InChI=1S/C12H22N2O/c1-4-13-5-2-12(1)14-6-3-10-8-15-9-11(10)7-14/h10-13H,1-9H2/t10-,11-/m1/s1. The van der Waals surface area contributed by atoms with Crippen LogP contribution in [0.5, 0.6) is 0 Å². The molecule has 0 amide bonds. The second-order valence-electron chi connectivity index (χ2n) is 5.32. The van der Waals surface area contributed by atoms with Crippen molar-refractivity contribution in [3.8, 4) is 0 Å². The van der Waals surface area contributed by atoms with E-state index >= 15 is 0 Å². The van der Waals surface area contributed by atoms with Gasteiger partial charge in [0.05, 0.1) is 6.61 Å². The Morgan fingerprint density at radius 2 is 1.80 bits per heavy atom.